The molecule has 0 unspecified atom stereocenters. The summed E-state index contributed by atoms with van der Waals surface area (Å²) in [5, 5.41) is 9.80. The van der Waals surface area contributed by atoms with Gasteiger partial charge in [-0.1, -0.05) is 46.6 Å². The topological polar surface area (TPSA) is 23.5 Å². The summed E-state index contributed by atoms with van der Waals surface area (Å²) >= 11 is 0. The van der Waals surface area contributed by atoms with Crippen molar-refractivity contribution in [1.29, 1.82) is 0 Å². The SMILES string of the molecule is CC(C)=CCC/C(C)=C/CN(C/C=C(\C)CCC=C(C)C)C(C)(C)CO. The highest BCUT2D eigenvalue weighted by atomic mass is 16.3. The van der Waals surface area contributed by atoms with Gasteiger partial charge in [0.2, 0.25) is 0 Å². The molecule has 0 aliphatic heterocycles. The fraction of sp³-hybridized carbons (Fsp3) is 0.667. The summed E-state index contributed by atoms with van der Waals surface area (Å²) in [4.78, 5) is 2.36. The Morgan fingerprint density at radius 2 is 1.12 bits per heavy atom. The number of allylic oxidation sites excluding steroid dienone is 6. The van der Waals surface area contributed by atoms with Crippen molar-refractivity contribution in [3.8, 4) is 0 Å². The maximum Gasteiger partial charge on any atom is 0.0610 e. The standard InChI is InChI=1S/C24H43NO/c1-20(2)11-9-13-22(5)15-17-25(24(7,8)19-26)18-16-23(6)14-10-12-21(3)4/h11-12,15-16,26H,9-10,13-14,17-19H2,1-8H3/b22-15+,23-16+. The summed E-state index contributed by atoms with van der Waals surface area (Å²) in [6.07, 6.45) is 13.7. The predicted octanol–water partition coefficient (Wildman–Crippen LogP) is 6.44. The molecule has 150 valence electrons. The lowest BCUT2D eigenvalue weighted by atomic mass is 10.0. The average Bonchev–Trinajstić information content (AvgIpc) is 2.53. The Morgan fingerprint density at radius 1 is 0.731 bits per heavy atom. The van der Waals surface area contributed by atoms with E-state index >= 15 is 0 Å². The van der Waals surface area contributed by atoms with Crippen LogP contribution in [0.1, 0.15) is 81.1 Å². The Balaban J connectivity index is 4.82. The Hall–Kier alpha value is -1.12. The summed E-state index contributed by atoms with van der Waals surface area (Å²) in [7, 11) is 0. The highest BCUT2D eigenvalue weighted by molar-refractivity contribution is 5.07. The minimum atomic E-state index is -0.215. The molecule has 0 bridgehead atoms. The van der Waals surface area contributed by atoms with Crippen molar-refractivity contribution in [2.75, 3.05) is 19.7 Å². The van der Waals surface area contributed by atoms with Crippen LogP contribution in [0.15, 0.2) is 46.6 Å². The molecule has 0 amide bonds. The molecule has 0 saturated heterocycles. The van der Waals surface area contributed by atoms with Gasteiger partial charge in [-0.05, 0) is 81.1 Å². The largest absolute Gasteiger partial charge is 0.394 e. The number of rotatable bonds is 12. The first-order chi connectivity index (χ1) is 12.1. The van der Waals surface area contributed by atoms with E-state index in [1.54, 1.807) is 0 Å². The van der Waals surface area contributed by atoms with Crippen LogP contribution < -0.4 is 0 Å². The average molecular weight is 362 g/mol. The van der Waals surface area contributed by atoms with Crippen LogP contribution in [-0.4, -0.2) is 35.2 Å². The second-order valence-electron chi connectivity index (χ2n) is 8.62. The molecule has 0 atom stereocenters. The lowest BCUT2D eigenvalue weighted by molar-refractivity contribution is 0.0761. The van der Waals surface area contributed by atoms with Gasteiger partial charge in [-0.25, -0.2) is 0 Å². The van der Waals surface area contributed by atoms with Gasteiger partial charge in [-0.15, -0.1) is 0 Å². The van der Waals surface area contributed by atoms with E-state index in [1.165, 1.54) is 22.3 Å². The van der Waals surface area contributed by atoms with Crippen molar-refractivity contribution in [3.05, 3.63) is 46.6 Å². The van der Waals surface area contributed by atoms with E-state index in [9.17, 15) is 5.11 Å². The number of aliphatic hydroxyl groups is 1. The molecule has 0 saturated carbocycles. The molecule has 0 aromatic rings. The van der Waals surface area contributed by atoms with Crippen LogP contribution in [-0.2, 0) is 0 Å². The molecule has 2 heteroatoms. The molecule has 0 aliphatic rings. The first-order valence-electron chi connectivity index (χ1n) is 10.0. The lowest BCUT2D eigenvalue weighted by Crippen LogP contribution is -2.47. The fourth-order valence-electron chi connectivity index (χ4n) is 2.58. The summed E-state index contributed by atoms with van der Waals surface area (Å²) in [5.74, 6) is 0. The fourth-order valence-corrected chi connectivity index (χ4v) is 2.58. The van der Waals surface area contributed by atoms with Crippen molar-refractivity contribution in [2.24, 2.45) is 0 Å². The van der Waals surface area contributed by atoms with E-state index in [2.05, 4.69) is 84.6 Å². The van der Waals surface area contributed by atoms with Crippen molar-refractivity contribution in [3.63, 3.8) is 0 Å². The summed E-state index contributed by atoms with van der Waals surface area (Å²) in [5.41, 5.74) is 5.40. The molecule has 0 fully saturated rings. The summed E-state index contributed by atoms with van der Waals surface area (Å²) in [6.45, 7) is 19.2. The van der Waals surface area contributed by atoms with Gasteiger partial charge in [0.15, 0.2) is 0 Å². The third kappa shape index (κ3) is 12.3. The predicted molar refractivity (Wildman–Crippen MR) is 118 cm³/mol. The van der Waals surface area contributed by atoms with Crippen molar-refractivity contribution in [2.45, 2.75) is 86.6 Å². The van der Waals surface area contributed by atoms with E-state index in [1.807, 2.05) is 0 Å². The van der Waals surface area contributed by atoms with Crippen LogP contribution in [0.4, 0.5) is 0 Å². The number of nitrogens with zero attached hydrogens (tertiary/aromatic N) is 1. The second-order valence-corrected chi connectivity index (χ2v) is 8.62. The van der Waals surface area contributed by atoms with E-state index in [-0.39, 0.29) is 12.1 Å². The molecular formula is C24H43NO. The third-order valence-corrected chi connectivity index (χ3v) is 4.75. The van der Waals surface area contributed by atoms with Crippen molar-refractivity contribution in [1.82, 2.24) is 4.90 Å². The van der Waals surface area contributed by atoms with Gasteiger partial charge < -0.3 is 5.11 Å². The van der Waals surface area contributed by atoms with Gasteiger partial charge >= 0.3 is 0 Å². The minimum Gasteiger partial charge on any atom is -0.394 e. The quantitative estimate of drug-likeness (QED) is 0.404. The van der Waals surface area contributed by atoms with Gasteiger partial charge in [0.25, 0.3) is 0 Å². The minimum absolute atomic E-state index is 0.169. The van der Waals surface area contributed by atoms with Crippen LogP contribution in [0.25, 0.3) is 0 Å². The van der Waals surface area contributed by atoms with Gasteiger partial charge in [-0.3, -0.25) is 4.90 Å². The Bertz CT molecular complexity index is 472. The monoisotopic (exact) mass is 361 g/mol. The normalized spacial score (nSPS) is 13.2. The van der Waals surface area contributed by atoms with Crippen LogP contribution in [0.3, 0.4) is 0 Å². The van der Waals surface area contributed by atoms with Gasteiger partial charge in [0.05, 0.1) is 6.61 Å². The Kier molecular flexibility index (Phi) is 12.5. The van der Waals surface area contributed by atoms with Gasteiger partial charge in [0.1, 0.15) is 0 Å². The zero-order valence-electron chi connectivity index (χ0n) is 18.7. The zero-order chi connectivity index (χ0) is 20.2. The van der Waals surface area contributed by atoms with Crippen molar-refractivity contribution >= 4 is 0 Å². The molecule has 0 heterocycles. The highest BCUT2D eigenvalue weighted by Crippen LogP contribution is 2.16. The first kappa shape index (κ1) is 24.9. The van der Waals surface area contributed by atoms with Gasteiger partial charge in [0, 0.05) is 18.6 Å². The number of hydrogen-bond donors (Lipinski definition) is 1. The van der Waals surface area contributed by atoms with E-state index in [0.717, 1.165) is 38.8 Å². The highest BCUT2D eigenvalue weighted by Gasteiger charge is 2.24. The van der Waals surface area contributed by atoms with Crippen LogP contribution in [0, 0.1) is 0 Å². The number of aliphatic hydroxyl groups excluding tert-OH is 1. The van der Waals surface area contributed by atoms with E-state index in [0.29, 0.717) is 0 Å². The van der Waals surface area contributed by atoms with E-state index in [4.69, 9.17) is 0 Å². The van der Waals surface area contributed by atoms with Gasteiger partial charge in [-0.2, -0.15) is 0 Å². The molecule has 26 heavy (non-hydrogen) atoms. The molecule has 0 spiro atoms. The summed E-state index contributed by atoms with van der Waals surface area (Å²) in [6, 6.07) is 0. The van der Waals surface area contributed by atoms with E-state index < -0.39 is 0 Å². The molecule has 2 nitrogen and oxygen atoms in total. The zero-order valence-corrected chi connectivity index (χ0v) is 18.7. The molecule has 0 aromatic carbocycles. The molecule has 0 rings (SSSR count). The Morgan fingerprint density at radius 3 is 1.42 bits per heavy atom. The van der Waals surface area contributed by atoms with Crippen molar-refractivity contribution < 1.29 is 5.11 Å². The van der Waals surface area contributed by atoms with Crippen LogP contribution in [0.5, 0.6) is 0 Å². The summed E-state index contributed by atoms with van der Waals surface area (Å²) < 4.78 is 0. The molecule has 0 aromatic heterocycles. The molecule has 1 N–H and O–H groups in total. The van der Waals surface area contributed by atoms with Crippen LogP contribution in [0.2, 0.25) is 0 Å². The smallest absolute Gasteiger partial charge is 0.0610 e. The lowest BCUT2D eigenvalue weighted by Gasteiger charge is -2.36. The number of hydrogen-bond acceptors (Lipinski definition) is 2. The first-order valence-corrected chi connectivity index (χ1v) is 10.0. The molecular weight excluding hydrogens is 318 g/mol. The Labute approximate surface area is 163 Å². The third-order valence-electron chi connectivity index (χ3n) is 4.75. The maximum atomic E-state index is 9.80. The molecule has 0 radical (unpaired) electrons. The second kappa shape index (κ2) is 13.1. The molecule has 0 aliphatic carbocycles. The maximum absolute atomic E-state index is 9.80. The van der Waals surface area contributed by atoms with Crippen LogP contribution >= 0.6 is 0 Å².